The van der Waals surface area contributed by atoms with Crippen molar-refractivity contribution in [2.45, 2.75) is 26.8 Å². The predicted molar refractivity (Wildman–Crippen MR) is 107 cm³/mol. The van der Waals surface area contributed by atoms with Gasteiger partial charge in [-0.05, 0) is 26.3 Å². The number of imidazole rings is 1. The third kappa shape index (κ3) is 3.14. The van der Waals surface area contributed by atoms with Crippen molar-refractivity contribution >= 4 is 22.2 Å². The quantitative estimate of drug-likeness (QED) is 0.585. The molecule has 7 heteroatoms. The first-order valence-corrected chi connectivity index (χ1v) is 9.65. The van der Waals surface area contributed by atoms with Crippen LogP contribution in [0.15, 0.2) is 42.0 Å². The van der Waals surface area contributed by atoms with Crippen LogP contribution >= 0.6 is 11.3 Å². The molecule has 0 saturated carbocycles. The van der Waals surface area contributed by atoms with E-state index in [1.165, 1.54) is 11.3 Å². The summed E-state index contributed by atoms with van der Waals surface area (Å²) in [5.41, 5.74) is 5.66. The fourth-order valence-corrected chi connectivity index (χ4v) is 4.18. The number of aryl methyl sites for hydroxylation is 3. The second-order valence-corrected chi connectivity index (χ2v) is 7.59. The third-order valence-electron chi connectivity index (χ3n) is 4.73. The van der Waals surface area contributed by atoms with Crippen LogP contribution in [0.25, 0.3) is 16.2 Å². The van der Waals surface area contributed by atoms with E-state index in [9.17, 15) is 4.79 Å². The van der Waals surface area contributed by atoms with Gasteiger partial charge in [-0.15, -0.1) is 11.3 Å². The first kappa shape index (κ1) is 17.5. The highest BCUT2D eigenvalue weighted by molar-refractivity contribution is 7.15. The zero-order valence-electron chi connectivity index (χ0n) is 15.7. The molecule has 27 heavy (non-hydrogen) atoms. The van der Waals surface area contributed by atoms with Crippen molar-refractivity contribution in [3.8, 4) is 11.3 Å². The Balaban J connectivity index is 1.63. The summed E-state index contributed by atoms with van der Waals surface area (Å²) >= 11 is 1.47. The number of benzene rings is 1. The highest BCUT2D eigenvalue weighted by Crippen LogP contribution is 2.26. The number of hydrogen-bond acceptors (Lipinski definition) is 4. The number of rotatable bonds is 4. The summed E-state index contributed by atoms with van der Waals surface area (Å²) in [5, 5.41) is 9.27. The Kier molecular flexibility index (Phi) is 4.31. The number of carbonyl (C=O) groups is 1. The smallest absolute Gasteiger partial charge is 0.269 e. The number of aromatic nitrogens is 4. The Bertz CT molecular complexity index is 1140. The lowest BCUT2D eigenvalue weighted by Crippen LogP contribution is -2.27. The molecule has 0 fully saturated rings. The van der Waals surface area contributed by atoms with E-state index in [-0.39, 0.29) is 11.9 Å². The van der Waals surface area contributed by atoms with Crippen molar-refractivity contribution in [3.63, 3.8) is 0 Å². The molecule has 138 valence electrons. The molecule has 4 rings (SSSR count). The summed E-state index contributed by atoms with van der Waals surface area (Å²) in [6.07, 6.45) is 3.88. The Hall–Kier alpha value is -2.93. The standard InChI is InChI=1S/C20H21N5OS/c1-12-7-5-6-8-15(12)17-10-25-18(11-27-20(25)22-17)19(26)21-13(2)16-9-24(4)23-14(16)3/h5-11,13H,1-4H3,(H,21,26). The van der Waals surface area contributed by atoms with Crippen molar-refractivity contribution in [2.75, 3.05) is 0 Å². The van der Waals surface area contributed by atoms with Gasteiger partial charge in [-0.2, -0.15) is 5.10 Å². The zero-order chi connectivity index (χ0) is 19.1. The van der Waals surface area contributed by atoms with Gasteiger partial charge in [0, 0.05) is 35.9 Å². The van der Waals surface area contributed by atoms with Crippen LogP contribution in [0.4, 0.5) is 0 Å². The van der Waals surface area contributed by atoms with E-state index in [0.717, 1.165) is 33.0 Å². The predicted octanol–water partition coefficient (Wildman–Crippen LogP) is 3.90. The van der Waals surface area contributed by atoms with Gasteiger partial charge < -0.3 is 5.32 Å². The van der Waals surface area contributed by atoms with E-state index in [0.29, 0.717) is 5.69 Å². The third-order valence-corrected chi connectivity index (χ3v) is 5.57. The van der Waals surface area contributed by atoms with Crippen molar-refractivity contribution < 1.29 is 4.79 Å². The summed E-state index contributed by atoms with van der Waals surface area (Å²) in [6.45, 7) is 5.98. The minimum Gasteiger partial charge on any atom is -0.344 e. The van der Waals surface area contributed by atoms with Gasteiger partial charge in [0.15, 0.2) is 4.96 Å². The molecule has 0 bridgehead atoms. The Morgan fingerprint density at radius 1 is 1.22 bits per heavy atom. The van der Waals surface area contributed by atoms with Crippen LogP contribution in [0.2, 0.25) is 0 Å². The van der Waals surface area contributed by atoms with E-state index in [2.05, 4.69) is 34.5 Å². The fraction of sp³-hybridized carbons (Fsp3) is 0.250. The molecule has 0 radical (unpaired) electrons. The molecule has 1 atom stereocenters. The van der Waals surface area contributed by atoms with Crippen LogP contribution in [0.1, 0.15) is 40.3 Å². The summed E-state index contributed by atoms with van der Waals surface area (Å²) in [4.78, 5) is 18.4. The molecular formula is C20H21N5OS. The number of carbonyl (C=O) groups excluding carboxylic acids is 1. The molecule has 3 heterocycles. The van der Waals surface area contributed by atoms with E-state index >= 15 is 0 Å². The molecule has 0 aliphatic rings. The van der Waals surface area contributed by atoms with Crippen LogP contribution in [0.5, 0.6) is 0 Å². The maximum Gasteiger partial charge on any atom is 0.269 e. The molecule has 3 aromatic heterocycles. The van der Waals surface area contributed by atoms with Crippen LogP contribution < -0.4 is 5.32 Å². The molecule has 0 aliphatic heterocycles. The van der Waals surface area contributed by atoms with Crippen molar-refractivity contribution in [1.82, 2.24) is 24.5 Å². The molecule has 0 saturated heterocycles. The van der Waals surface area contributed by atoms with Gasteiger partial charge in [-0.1, -0.05) is 24.3 Å². The van der Waals surface area contributed by atoms with Crippen LogP contribution in [0, 0.1) is 13.8 Å². The molecule has 0 aliphatic carbocycles. The lowest BCUT2D eigenvalue weighted by molar-refractivity contribution is 0.0934. The summed E-state index contributed by atoms with van der Waals surface area (Å²) < 4.78 is 3.63. The second kappa shape index (κ2) is 6.66. The van der Waals surface area contributed by atoms with Crippen molar-refractivity contribution in [1.29, 1.82) is 0 Å². The molecule has 1 unspecified atom stereocenters. The number of thiazole rings is 1. The lowest BCUT2D eigenvalue weighted by Gasteiger charge is -2.12. The van der Waals surface area contributed by atoms with E-state index in [1.807, 2.05) is 55.2 Å². The summed E-state index contributed by atoms with van der Waals surface area (Å²) in [7, 11) is 1.88. The van der Waals surface area contributed by atoms with Crippen LogP contribution in [-0.2, 0) is 7.05 Å². The molecule has 1 amide bonds. The average molecular weight is 379 g/mol. The normalized spacial score (nSPS) is 12.4. The Labute approximate surface area is 161 Å². The monoisotopic (exact) mass is 379 g/mol. The number of nitrogens with one attached hydrogen (secondary N) is 1. The summed E-state index contributed by atoms with van der Waals surface area (Å²) in [5.74, 6) is -0.120. The minimum atomic E-state index is -0.125. The topological polar surface area (TPSA) is 64.2 Å². The fourth-order valence-electron chi connectivity index (χ4n) is 3.33. The highest BCUT2D eigenvalue weighted by Gasteiger charge is 2.19. The van der Waals surface area contributed by atoms with Gasteiger partial charge in [0.2, 0.25) is 0 Å². The zero-order valence-corrected chi connectivity index (χ0v) is 16.5. The maximum atomic E-state index is 12.9. The van der Waals surface area contributed by atoms with E-state index in [1.54, 1.807) is 4.68 Å². The number of hydrogen-bond donors (Lipinski definition) is 1. The van der Waals surface area contributed by atoms with E-state index < -0.39 is 0 Å². The van der Waals surface area contributed by atoms with Gasteiger partial charge in [0.05, 0.1) is 17.4 Å². The van der Waals surface area contributed by atoms with Gasteiger partial charge >= 0.3 is 0 Å². The van der Waals surface area contributed by atoms with Crippen LogP contribution in [0.3, 0.4) is 0 Å². The second-order valence-electron chi connectivity index (χ2n) is 6.75. The number of nitrogens with zero attached hydrogens (tertiary/aromatic N) is 4. The molecule has 1 aromatic carbocycles. The largest absolute Gasteiger partial charge is 0.344 e. The van der Waals surface area contributed by atoms with Crippen molar-refractivity contribution in [3.05, 3.63) is 64.6 Å². The molecule has 1 N–H and O–H groups in total. The maximum absolute atomic E-state index is 12.9. The number of amides is 1. The van der Waals surface area contributed by atoms with Crippen molar-refractivity contribution in [2.24, 2.45) is 7.05 Å². The van der Waals surface area contributed by atoms with Gasteiger partial charge in [-0.3, -0.25) is 13.9 Å². The Morgan fingerprint density at radius 3 is 2.70 bits per heavy atom. The molecule has 6 nitrogen and oxygen atoms in total. The lowest BCUT2D eigenvalue weighted by atomic mass is 10.1. The first-order chi connectivity index (χ1) is 12.9. The summed E-state index contributed by atoms with van der Waals surface area (Å²) in [6, 6.07) is 8.00. The SMILES string of the molecule is Cc1ccccc1-c1cn2c(C(=O)NC(C)c3cn(C)nc3C)csc2n1. The minimum absolute atomic E-state index is 0.120. The molecule has 4 aromatic rings. The van der Waals surface area contributed by atoms with Gasteiger partial charge in [0.25, 0.3) is 5.91 Å². The van der Waals surface area contributed by atoms with Crippen LogP contribution in [-0.4, -0.2) is 25.1 Å². The van der Waals surface area contributed by atoms with Gasteiger partial charge in [-0.25, -0.2) is 4.98 Å². The number of fused-ring (bicyclic) bond motifs is 1. The van der Waals surface area contributed by atoms with Gasteiger partial charge in [0.1, 0.15) is 5.69 Å². The first-order valence-electron chi connectivity index (χ1n) is 8.77. The average Bonchev–Trinajstić information content (AvgIpc) is 3.28. The van der Waals surface area contributed by atoms with E-state index in [4.69, 9.17) is 0 Å². The molecular weight excluding hydrogens is 358 g/mol. The Morgan fingerprint density at radius 2 is 2.00 bits per heavy atom. The highest BCUT2D eigenvalue weighted by atomic mass is 32.1. The molecule has 0 spiro atoms.